The first-order valence-electron chi connectivity index (χ1n) is 5.90. The summed E-state index contributed by atoms with van der Waals surface area (Å²) < 4.78 is 1.05. The van der Waals surface area contributed by atoms with Crippen LogP contribution in [0.25, 0.3) is 0 Å². The molecule has 17 heavy (non-hydrogen) atoms. The second-order valence-electron chi connectivity index (χ2n) is 4.43. The molecule has 0 aliphatic carbocycles. The van der Waals surface area contributed by atoms with Gasteiger partial charge in [0, 0.05) is 18.1 Å². The smallest absolute Gasteiger partial charge is 0.239 e. The van der Waals surface area contributed by atoms with Gasteiger partial charge in [-0.25, -0.2) is 0 Å². The van der Waals surface area contributed by atoms with E-state index in [1.165, 1.54) is 0 Å². The van der Waals surface area contributed by atoms with Crippen molar-refractivity contribution in [3.63, 3.8) is 0 Å². The molecular weight excluding hydrogens is 280 g/mol. The third-order valence-corrected chi connectivity index (χ3v) is 3.87. The van der Waals surface area contributed by atoms with Crippen LogP contribution in [0.2, 0.25) is 0 Å². The second-order valence-corrected chi connectivity index (χ2v) is 5.29. The van der Waals surface area contributed by atoms with Crippen molar-refractivity contribution < 1.29 is 4.79 Å². The van der Waals surface area contributed by atoms with E-state index in [2.05, 4.69) is 21.2 Å². The molecule has 3 nitrogen and oxygen atoms in total. The van der Waals surface area contributed by atoms with Gasteiger partial charge in [-0.3, -0.25) is 4.79 Å². The molecule has 4 heteroatoms. The van der Waals surface area contributed by atoms with E-state index in [0.29, 0.717) is 6.54 Å². The average molecular weight is 297 g/mol. The minimum Gasteiger partial charge on any atom is -0.340 e. The summed E-state index contributed by atoms with van der Waals surface area (Å²) in [5, 5.41) is 3.23. The average Bonchev–Trinajstić information content (AvgIpc) is 2.84. The second kappa shape index (κ2) is 5.65. The van der Waals surface area contributed by atoms with Gasteiger partial charge >= 0.3 is 0 Å². The lowest BCUT2D eigenvalue weighted by atomic mass is 10.1. The molecule has 1 atom stereocenters. The number of carbonyl (C=O) groups is 1. The number of amides is 1. The highest BCUT2D eigenvalue weighted by Gasteiger charge is 2.24. The third kappa shape index (κ3) is 3.07. The predicted molar refractivity (Wildman–Crippen MR) is 71.6 cm³/mol. The van der Waals surface area contributed by atoms with Gasteiger partial charge in [0.2, 0.25) is 5.91 Å². The number of nitrogens with zero attached hydrogens (tertiary/aromatic N) is 1. The van der Waals surface area contributed by atoms with E-state index in [0.717, 1.165) is 29.4 Å². The molecule has 1 amide bonds. The number of benzene rings is 1. The van der Waals surface area contributed by atoms with Crippen molar-refractivity contribution in [1.82, 2.24) is 10.2 Å². The van der Waals surface area contributed by atoms with Crippen molar-refractivity contribution in [2.45, 2.75) is 25.4 Å². The van der Waals surface area contributed by atoms with Gasteiger partial charge in [0.1, 0.15) is 0 Å². The predicted octanol–water partition coefficient (Wildman–Crippen LogP) is 2.16. The van der Waals surface area contributed by atoms with Gasteiger partial charge in [0.25, 0.3) is 0 Å². The van der Waals surface area contributed by atoms with Crippen LogP contribution in [0.1, 0.15) is 18.4 Å². The zero-order valence-corrected chi connectivity index (χ0v) is 11.5. The summed E-state index contributed by atoms with van der Waals surface area (Å²) in [7, 11) is 1.86. The lowest BCUT2D eigenvalue weighted by molar-refractivity contribution is -0.132. The highest BCUT2D eigenvalue weighted by molar-refractivity contribution is 9.10. The summed E-state index contributed by atoms with van der Waals surface area (Å²) in [6.07, 6.45) is 2.05. The molecule has 1 aliphatic rings. The van der Waals surface area contributed by atoms with Crippen LogP contribution < -0.4 is 5.32 Å². The minimum absolute atomic E-state index is 0.0162. The molecule has 0 spiro atoms. The Bertz CT molecular complexity index is 402. The van der Waals surface area contributed by atoms with Crippen molar-refractivity contribution >= 4 is 21.8 Å². The Morgan fingerprint density at radius 3 is 2.94 bits per heavy atom. The van der Waals surface area contributed by atoms with Crippen LogP contribution >= 0.6 is 15.9 Å². The normalized spacial score (nSPS) is 19.3. The molecule has 1 fully saturated rings. The summed E-state index contributed by atoms with van der Waals surface area (Å²) in [6.45, 7) is 1.61. The van der Waals surface area contributed by atoms with E-state index < -0.39 is 0 Å². The first-order chi connectivity index (χ1) is 8.18. The van der Waals surface area contributed by atoms with Crippen LogP contribution in [-0.2, 0) is 11.3 Å². The maximum absolute atomic E-state index is 12.1. The molecule has 0 saturated carbocycles. The molecule has 1 unspecified atom stereocenters. The minimum atomic E-state index is 0.0162. The van der Waals surface area contributed by atoms with Crippen molar-refractivity contribution in [2.24, 2.45) is 0 Å². The van der Waals surface area contributed by atoms with Crippen LogP contribution in [0, 0.1) is 0 Å². The zero-order valence-electron chi connectivity index (χ0n) is 9.95. The number of halogens is 1. The van der Waals surface area contributed by atoms with Gasteiger partial charge in [-0.2, -0.15) is 0 Å². The van der Waals surface area contributed by atoms with Crippen LogP contribution in [0.15, 0.2) is 28.7 Å². The topological polar surface area (TPSA) is 32.3 Å². The zero-order chi connectivity index (χ0) is 12.3. The lowest BCUT2D eigenvalue weighted by Gasteiger charge is -2.21. The van der Waals surface area contributed by atoms with Crippen LogP contribution in [0.5, 0.6) is 0 Å². The third-order valence-electron chi connectivity index (χ3n) is 3.10. The summed E-state index contributed by atoms with van der Waals surface area (Å²) in [4.78, 5) is 13.9. The standard InChI is InChI=1S/C13H17BrN2O/c1-16(13(17)12-7-4-8-15-12)9-10-5-2-3-6-11(10)14/h2-3,5-6,12,15H,4,7-9H2,1H3. The van der Waals surface area contributed by atoms with Gasteiger partial charge in [0.05, 0.1) is 6.04 Å². The Hall–Kier alpha value is -0.870. The first kappa shape index (κ1) is 12.6. The summed E-state index contributed by atoms with van der Waals surface area (Å²) in [5.74, 6) is 0.193. The Labute approximate surface area is 110 Å². The van der Waals surface area contributed by atoms with Gasteiger partial charge in [-0.05, 0) is 31.0 Å². The molecule has 0 bridgehead atoms. The molecule has 0 radical (unpaired) electrons. The Kier molecular flexibility index (Phi) is 4.18. The number of carbonyl (C=O) groups excluding carboxylic acids is 1. The molecule has 2 rings (SSSR count). The SMILES string of the molecule is CN(Cc1ccccc1Br)C(=O)C1CCCN1. The molecule has 1 aromatic carbocycles. The molecule has 1 N–H and O–H groups in total. The van der Waals surface area contributed by atoms with E-state index >= 15 is 0 Å². The van der Waals surface area contributed by atoms with Crippen LogP contribution in [-0.4, -0.2) is 30.4 Å². The first-order valence-corrected chi connectivity index (χ1v) is 6.69. The quantitative estimate of drug-likeness (QED) is 0.927. The number of rotatable bonds is 3. The van der Waals surface area contributed by atoms with Gasteiger partial charge < -0.3 is 10.2 Å². The fourth-order valence-corrected chi connectivity index (χ4v) is 2.53. The van der Waals surface area contributed by atoms with E-state index in [4.69, 9.17) is 0 Å². The van der Waals surface area contributed by atoms with Crippen molar-refractivity contribution in [1.29, 1.82) is 0 Å². The fourth-order valence-electron chi connectivity index (χ4n) is 2.12. The van der Waals surface area contributed by atoms with E-state index in [-0.39, 0.29) is 11.9 Å². The maximum atomic E-state index is 12.1. The number of nitrogens with one attached hydrogen (secondary N) is 1. The highest BCUT2D eigenvalue weighted by Crippen LogP contribution is 2.18. The van der Waals surface area contributed by atoms with E-state index in [1.807, 2.05) is 31.3 Å². The Morgan fingerprint density at radius 2 is 2.29 bits per heavy atom. The van der Waals surface area contributed by atoms with Crippen LogP contribution in [0.3, 0.4) is 0 Å². The Balaban J connectivity index is 1.99. The lowest BCUT2D eigenvalue weighted by Crippen LogP contribution is -2.41. The maximum Gasteiger partial charge on any atom is 0.239 e. The molecule has 0 aromatic heterocycles. The fraction of sp³-hybridized carbons (Fsp3) is 0.462. The monoisotopic (exact) mass is 296 g/mol. The van der Waals surface area contributed by atoms with Gasteiger partial charge in [-0.15, -0.1) is 0 Å². The molecular formula is C13H17BrN2O. The van der Waals surface area contributed by atoms with Crippen molar-refractivity contribution in [3.8, 4) is 0 Å². The van der Waals surface area contributed by atoms with E-state index in [1.54, 1.807) is 4.90 Å². The van der Waals surface area contributed by atoms with Crippen molar-refractivity contribution in [2.75, 3.05) is 13.6 Å². The van der Waals surface area contributed by atoms with Gasteiger partial charge in [-0.1, -0.05) is 34.1 Å². The number of hydrogen-bond acceptors (Lipinski definition) is 2. The molecule has 1 saturated heterocycles. The van der Waals surface area contributed by atoms with Crippen LogP contribution in [0.4, 0.5) is 0 Å². The molecule has 92 valence electrons. The summed E-state index contributed by atoms with van der Waals surface area (Å²) in [6, 6.07) is 8.03. The largest absolute Gasteiger partial charge is 0.340 e. The van der Waals surface area contributed by atoms with Gasteiger partial charge in [0.15, 0.2) is 0 Å². The molecule has 1 heterocycles. The van der Waals surface area contributed by atoms with Crippen molar-refractivity contribution in [3.05, 3.63) is 34.3 Å². The molecule has 1 aromatic rings. The summed E-state index contributed by atoms with van der Waals surface area (Å²) in [5.41, 5.74) is 1.14. The number of likely N-dealkylation sites (N-methyl/N-ethyl adjacent to an activating group) is 1. The summed E-state index contributed by atoms with van der Waals surface area (Å²) >= 11 is 3.50. The van der Waals surface area contributed by atoms with E-state index in [9.17, 15) is 4.79 Å². The number of hydrogen-bond donors (Lipinski definition) is 1. The Morgan fingerprint density at radius 1 is 1.53 bits per heavy atom. The molecule has 1 aliphatic heterocycles. The highest BCUT2D eigenvalue weighted by atomic mass is 79.9.